The summed E-state index contributed by atoms with van der Waals surface area (Å²) in [6, 6.07) is 0.152. The third-order valence-electron chi connectivity index (χ3n) is 1.98. The normalized spacial score (nSPS) is 13.9. The van der Waals surface area contributed by atoms with E-state index >= 15 is 0 Å². The second-order valence-corrected chi connectivity index (χ2v) is 3.61. The minimum Gasteiger partial charge on any atom is -0.364 e. The Morgan fingerprint density at radius 3 is 2.76 bits per heavy atom. The fourth-order valence-electron chi connectivity index (χ4n) is 1.05. The largest absolute Gasteiger partial charge is 0.411 e. The Kier molecular flexibility index (Phi) is 4.88. The second-order valence-electron chi connectivity index (χ2n) is 3.61. The molecule has 1 atom stereocenters. The smallest absolute Gasteiger partial charge is 0.364 e. The number of alkyl halides is 3. The van der Waals surface area contributed by atoms with Gasteiger partial charge in [0.2, 0.25) is 5.89 Å². The summed E-state index contributed by atoms with van der Waals surface area (Å²) < 4.78 is 44.6. The average Bonchev–Trinajstić information content (AvgIpc) is 2.63. The van der Waals surface area contributed by atoms with Crippen LogP contribution in [0.15, 0.2) is 4.52 Å². The first-order valence-corrected chi connectivity index (χ1v) is 5.04. The standard InChI is InChI=1S/C9H14F3N3O2/c1-6(13-2)3-8-14-7(15-17-8)4-16-5-9(10,11)12/h6,13H,3-5H2,1-2H3. The average molecular weight is 253 g/mol. The maximum absolute atomic E-state index is 11.8. The van der Waals surface area contributed by atoms with Gasteiger partial charge in [0, 0.05) is 12.5 Å². The summed E-state index contributed by atoms with van der Waals surface area (Å²) in [5.41, 5.74) is 0. The van der Waals surface area contributed by atoms with Crippen molar-refractivity contribution in [2.45, 2.75) is 32.2 Å². The van der Waals surface area contributed by atoms with Gasteiger partial charge < -0.3 is 14.6 Å². The molecule has 0 bridgehead atoms. The first-order valence-electron chi connectivity index (χ1n) is 5.04. The molecule has 0 saturated heterocycles. The van der Waals surface area contributed by atoms with Crippen molar-refractivity contribution >= 4 is 0 Å². The number of hydrogen-bond acceptors (Lipinski definition) is 5. The predicted molar refractivity (Wildman–Crippen MR) is 52.2 cm³/mol. The topological polar surface area (TPSA) is 60.2 Å². The number of ether oxygens (including phenoxy) is 1. The molecule has 0 saturated carbocycles. The maximum atomic E-state index is 11.8. The highest BCUT2D eigenvalue weighted by molar-refractivity contribution is 4.87. The van der Waals surface area contributed by atoms with Crippen LogP contribution in [0.2, 0.25) is 0 Å². The van der Waals surface area contributed by atoms with Crippen LogP contribution in [0.4, 0.5) is 13.2 Å². The highest BCUT2D eigenvalue weighted by atomic mass is 19.4. The maximum Gasteiger partial charge on any atom is 0.411 e. The van der Waals surface area contributed by atoms with E-state index in [4.69, 9.17) is 4.52 Å². The van der Waals surface area contributed by atoms with Gasteiger partial charge in [0.15, 0.2) is 5.82 Å². The van der Waals surface area contributed by atoms with Crippen molar-refractivity contribution in [3.8, 4) is 0 Å². The fourth-order valence-corrected chi connectivity index (χ4v) is 1.05. The first kappa shape index (κ1) is 13.9. The molecule has 8 heteroatoms. The Bertz CT molecular complexity index is 340. The number of likely N-dealkylation sites (N-methyl/N-ethyl adjacent to an activating group) is 1. The van der Waals surface area contributed by atoms with Gasteiger partial charge in [0.05, 0.1) is 0 Å². The van der Waals surface area contributed by atoms with Crippen molar-refractivity contribution in [1.29, 1.82) is 0 Å². The van der Waals surface area contributed by atoms with Gasteiger partial charge in [0.25, 0.3) is 0 Å². The molecule has 0 radical (unpaired) electrons. The van der Waals surface area contributed by atoms with E-state index in [2.05, 4.69) is 20.2 Å². The first-order chi connectivity index (χ1) is 7.90. The number of nitrogens with one attached hydrogen (secondary N) is 1. The van der Waals surface area contributed by atoms with Crippen LogP contribution in [-0.2, 0) is 17.8 Å². The number of hydrogen-bond donors (Lipinski definition) is 1. The van der Waals surface area contributed by atoms with Crippen molar-refractivity contribution in [2.75, 3.05) is 13.7 Å². The predicted octanol–water partition coefficient (Wildman–Crippen LogP) is 1.30. The lowest BCUT2D eigenvalue weighted by Crippen LogP contribution is -2.23. The molecule has 0 aliphatic rings. The zero-order valence-electron chi connectivity index (χ0n) is 9.54. The van der Waals surface area contributed by atoms with E-state index in [1.807, 2.05) is 6.92 Å². The van der Waals surface area contributed by atoms with Gasteiger partial charge in [-0.1, -0.05) is 5.16 Å². The molecule has 0 amide bonds. The molecule has 0 aliphatic heterocycles. The van der Waals surface area contributed by atoms with E-state index in [1.165, 1.54) is 0 Å². The van der Waals surface area contributed by atoms with Crippen LogP contribution in [0.1, 0.15) is 18.6 Å². The summed E-state index contributed by atoms with van der Waals surface area (Å²) in [7, 11) is 1.79. The Balaban J connectivity index is 2.36. The van der Waals surface area contributed by atoms with Gasteiger partial charge in [-0.25, -0.2) is 0 Å². The highest BCUT2D eigenvalue weighted by Crippen LogP contribution is 2.15. The van der Waals surface area contributed by atoms with Gasteiger partial charge in [-0.2, -0.15) is 18.2 Å². The van der Waals surface area contributed by atoms with E-state index in [0.29, 0.717) is 12.3 Å². The highest BCUT2D eigenvalue weighted by Gasteiger charge is 2.27. The molecule has 98 valence electrons. The SMILES string of the molecule is CNC(C)Cc1nc(COCC(F)(F)F)no1. The minimum absolute atomic E-state index is 0.118. The van der Waals surface area contributed by atoms with Gasteiger partial charge in [0.1, 0.15) is 13.2 Å². The lowest BCUT2D eigenvalue weighted by Gasteiger charge is -2.05. The molecule has 17 heavy (non-hydrogen) atoms. The van der Waals surface area contributed by atoms with E-state index in [9.17, 15) is 13.2 Å². The quantitative estimate of drug-likeness (QED) is 0.828. The monoisotopic (exact) mass is 253 g/mol. The molecule has 0 fully saturated rings. The third kappa shape index (κ3) is 5.64. The Labute approximate surface area is 96.3 Å². The van der Waals surface area contributed by atoms with Crippen LogP contribution >= 0.6 is 0 Å². The fraction of sp³-hybridized carbons (Fsp3) is 0.778. The summed E-state index contributed by atoms with van der Waals surface area (Å²) in [5, 5.41) is 6.49. The molecule has 1 unspecified atom stereocenters. The molecule has 1 aromatic rings. The molecule has 0 aromatic carbocycles. The van der Waals surface area contributed by atoms with Crippen molar-refractivity contribution < 1.29 is 22.4 Å². The van der Waals surface area contributed by atoms with Gasteiger partial charge in [-0.15, -0.1) is 0 Å². The molecule has 1 rings (SSSR count). The van der Waals surface area contributed by atoms with Crippen LogP contribution in [0.5, 0.6) is 0 Å². The van der Waals surface area contributed by atoms with E-state index in [-0.39, 0.29) is 18.5 Å². The molecule has 1 N–H and O–H groups in total. The zero-order chi connectivity index (χ0) is 12.9. The molecule has 5 nitrogen and oxygen atoms in total. The molecule has 0 aliphatic carbocycles. The molecule has 1 heterocycles. The van der Waals surface area contributed by atoms with E-state index in [0.717, 1.165) is 0 Å². The number of aromatic nitrogens is 2. The van der Waals surface area contributed by atoms with Crippen molar-refractivity contribution in [3.05, 3.63) is 11.7 Å². The van der Waals surface area contributed by atoms with E-state index in [1.54, 1.807) is 7.05 Å². The van der Waals surface area contributed by atoms with Crippen molar-refractivity contribution in [3.63, 3.8) is 0 Å². The summed E-state index contributed by atoms with van der Waals surface area (Å²) in [6.07, 6.45) is -3.82. The number of nitrogens with zero attached hydrogens (tertiary/aromatic N) is 2. The van der Waals surface area contributed by atoms with Crippen LogP contribution < -0.4 is 5.32 Å². The number of halogens is 3. The van der Waals surface area contributed by atoms with Gasteiger partial charge in [-0.3, -0.25) is 0 Å². The van der Waals surface area contributed by atoms with E-state index < -0.39 is 12.8 Å². The summed E-state index contributed by atoms with van der Waals surface area (Å²) in [5.74, 6) is 0.491. The van der Waals surface area contributed by atoms with Crippen LogP contribution in [0.3, 0.4) is 0 Å². The van der Waals surface area contributed by atoms with Gasteiger partial charge >= 0.3 is 6.18 Å². The Morgan fingerprint density at radius 2 is 2.18 bits per heavy atom. The summed E-state index contributed by atoms with van der Waals surface area (Å²) in [6.45, 7) is 0.296. The molecular weight excluding hydrogens is 239 g/mol. The van der Waals surface area contributed by atoms with Crippen molar-refractivity contribution in [2.24, 2.45) is 0 Å². The second kappa shape index (κ2) is 5.97. The summed E-state index contributed by atoms with van der Waals surface area (Å²) >= 11 is 0. The lowest BCUT2D eigenvalue weighted by molar-refractivity contribution is -0.177. The molecule has 0 spiro atoms. The Hall–Kier alpha value is -1.15. The third-order valence-corrected chi connectivity index (χ3v) is 1.98. The van der Waals surface area contributed by atoms with Crippen LogP contribution in [-0.4, -0.2) is 36.0 Å². The number of rotatable bonds is 6. The minimum atomic E-state index is -4.34. The zero-order valence-corrected chi connectivity index (χ0v) is 9.54. The molecular formula is C9H14F3N3O2. The van der Waals surface area contributed by atoms with Crippen molar-refractivity contribution in [1.82, 2.24) is 15.5 Å². The lowest BCUT2D eigenvalue weighted by atomic mass is 10.2. The van der Waals surface area contributed by atoms with Crippen LogP contribution in [0, 0.1) is 0 Å². The molecule has 1 aromatic heterocycles. The van der Waals surface area contributed by atoms with Gasteiger partial charge in [-0.05, 0) is 14.0 Å². The summed E-state index contributed by atoms with van der Waals surface area (Å²) in [4.78, 5) is 3.91. The Morgan fingerprint density at radius 1 is 1.47 bits per heavy atom. The van der Waals surface area contributed by atoms with Crippen LogP contribution in [0.25, 0.3) is 0 Å².